The molecule has 1 nitrogen and oxygen atoms in total. The van der Waals surface area contributed by atoms with Gasteiger partial charge in [-0.1, -0.05) is 32.3 Å². The lowest BCUT2D eigenvalue weighted by atomic mass is 9.92. The van der Waals surface area contributed by atoms with E-state index in [0.717, 1.165) is 12.4 Å². The molecule has 1 aromatic rings. The maximum absolute atomic E-state index is 5.82. The molecule has 0 saturated carbocycles. The van der Waals surface area contributed by atoms with Crippen LogP contribution in [0.1, 0.15) is 56.6 Å². The molecule has 1 heteroatoms. The molecule has 0 unspecified atom stereocenters. The summed E-state index contributed by atoms with van der Waals surface area (Å²) in [6.07, 6.45) is 10.3. The monoisotopic (exact) mass is 232 g/mol. The third-order valence-corrected chi connectivity index (χ3v) is 3.59. The third kappa shape index (κ3) is 3.76. The molecule has 0 bridgehead atoms. The van der Waals surface area contributed by atoms with Gasteiger partial charge in [-0.3, -0.25) is 0 Å². The molecule has 1 aliphatic carbocycles. The van der Waals surface area contributed by atoms with Crippen molar-refractivity contribution in [1.82, 2.24) is 0 Å². The van der Waals surface area contributed by atoms with Crippen molar-refractivity contribution in [2.45, 2.75) is 58.3 Å². The van der Waals surface area contributed by atoms with Gasteiger partial charge in [0.2, 0.25) is 0 Å². The zero-order valence-corrected chi connectivity index (χ0v) is 11.0. The third-order valence-electron chi connectivity index (χ3n) is 3.59. The van der Waals surface area contributed by atoms with Crippen molar-refractivity contribution < 1.29 is 4.74 Å². The second kappa shape index (κ2) is 6.68. The van der Waals surface area contributed by atoms with Gasteiger partial charge in [-0.25, -0.2) is 0 Å². The molecule has 1 aliphatic rings. The Bertz CT molecular complexity index is 343. The van der Waals surface area contributed by atoms with Gasteiger partial charge in [0, 0.05) is 0 Å². The molecule has 0 atom stereocenters. The molecule has 0 amide bonds. The standard InChI is InChI=1S/C16H24O/c1-2-3-4-7-12-17-16-11-10-14-8-5-6-9-15(14)13-16/h10-11,13H,2-9,12H2,1H3. The van der Waals surface area contributed by atoms with Crippen LogP contribution in [0.3, 0.4) is 0 Å². The summed E-state index contributed by atoms with van der Waals surface area (Å²) in [5.41, 5.74) is 3.05. The first-order valence-electron chi connectivity index (χ1n) is 7.15. The van der Waals surface area contributed by atoms with Gasteiger partial charge < -0.3 is 4.74 Å². The Balaban J connectivity index is 1.81. The first-order valence-corrected chi connectivity index (χ1v) is 7.15. The van der Waals surface area contributed by atoms with E-state index in [9.17, 15) is 0 Å². The maximum Gasteiger partial charge on any atom is 0.119 e. The Labute approximate surface area is 105 Å². The van der Waals surface area contributed by atoms with Gasteiger partial charge in [0.25, 0.3) is 0 Å². The fraction of sp³-hybridized carbons (Fsp3) is 0.625. The van der Waals surface area contributed by atoms with Crippen LogP contribution in [0, 0.1) is 0 Å². The number of hydrogen-bond donors (Lipinski definition) is 0. The number of rotatable bonds is 6. The lowest BCUT2D eigenvalue weighted by Gasteiger charge is -2.16. The van der Waals surface area contributed by atoms with Crippen molar-refractivity contribution >= 4 is 0 Å². The summed E-state index contributed by atoms with van der Waals surface area (Å²) in [6.45, 7) is 3.11. The SMILES string of the molecule is CCCCCCOc1ccc2c(c1)CCCC2. The predicted molar refractivity (Wildman–Crippen MR) is 72.7 cm³/mol. The Morgan fingerprint density at radius 3 is 2.65 bits per heavy atom. The van der Waals surface area contributed by atoms with Gasteiger partial charge >= 0.3 is 0 Å². The molecule has 17 heavy (non-hydrogen) atoms. The predicted octanol–water partition coefficient (Wildman–Crippen LogP) is 4.52. The number of unbranched alkanes of at least 4 members (excludes halogenated alkanes) is 3. The Morgan fingerprint density at radius 2 is 1.82 bits per heavy atom. The van der Waals surface area contributed by atoms with Crippen LogP contribution in [0.2, 0.25) is 0 Å². The second-order valence-electron chi connectivity index (χ2n) is 5.05. The quantitative estimate of drug-likeness (QED) is 0.655. The van der Waals surface area contributed by atoms with E-state index in [2.05, 4.69) is 25.1 Å². The molecule has 0 heterocycles. The van der Waals surface area contributed by atoms with Crippen LogP contribution in [0.25, 0.3) is 0 Å². The van der Waals surface area contributed by atoms with Crippen molar-refractivity contribution in [3.05, 3.63) is 29.3 Å². The minimum absolute atomic E-state index is 0.874. The minimum Gasteiger partial charge on any atom is -0.494 e. The normalized spacial score (nSPS) is 14.4. The topological polar surface area (TPSA) is 9.23 Å². The average Bonchev–Trinajstić information content (AvgIpc) is 2.38. The van der Waals surface area contributed by atoms with Crippen molar-refractivity contribution in [1.29, 1.82) is 0 Å². The van der Waals surface area contributed by atoms with Gasteiger partial charge in [-0.05, 0) is 55.4 Å². The van der Waals surface area contributed by atoms with E-state index in [-0.39, 0.29) is 0 Å². The summed E-state index contributed by atoms with van der Waals surface area (Å²) in [5.74, 6) is 1.07. The smallest absolute Gasteiger partial charge is 0.119 e. The summed E-state index contributed by atoms with van der Waals surface area (Å²) in [5, 5.41) is 0. The number of ether oxygens (including phenoxy) is 1. The second-order valence-corrected chi connectivity index (χ2v) is 5.05. The van der Waals surface area contributed by atoms with E-state index < -0.39 is 0 Å². The van der Waals surface area contributed by atoms with Crippen LogP contribution in [-0.4, -0.2) is 6.61 Å². The van der Waals surface area contributed by atoms with Gasteiger partial charge in [0.15, 0.2) is 0 Å². The van der Waals surface area contributed by atoms with Crippen LogP contribution in [-0.2, 0) is 12.8 Å². The molecule has 0 aliphatic heterocycles. The van der Waals surface area contributed by atoms with Crippen molar-refractivity contribution in [2.24, 2.45) is 0 Å². The molecule has 2 rings (SSSR count). The summed E-state index contributed by atoms with van der Waals surface area (Å²) >= 11 is 0. The van der Waals surface area contributed by atoms with E-state index in [4.69, 9.17) is 4.74 Å². The Hall–Kier alpha value is -0.980. The molecule has 94 valence electrons. The number of hydrogen-bond acceptors (Lipinski definition) is 1. The molecule has 0 radical (unpaired) electrons. The lowest BCUT2D eigenvalue weighted by Crippen LogP contribution is -2.04. The minimum atomic E-state index is 0.874. The number of fused-ring (bicyclic) bond motifs is 1. The first-order chi connectivity index (χ1) is 8.40. The van der Waals surface area contributed by atoms with E-state index in [0.29, 0.717) is 0 Å². The van der Waals surface area contributed by atoms with Crippen molar-refractivity contribution in [3.8, 4) is 5.75 Å². The number of benzene rings is 1. The van der Waals surface area contributed by atoms with Crippen molar-refractivity contribution in [2.75, 3.05) is 6.61 Å². The van der Waals surface area contributed by atoms with Crippen LogP contribution < -0.4 is 4.74 Å². The van der Waals surface area contributed by atoms with Gasteiger partial charge in [-0.15, -0.1) is 0 Å². The highest BCUT2D eigenvalue weighted by molar-refractivity contribution is 5.37. The molecule has 1 aromatic carbocycles. The largest absolute Gasteiger partial charge is 0.494 e. The summed E-state index contributed by atoms with van der Waals surface area (Å²) < 4.78 is 5.82. The summed E-state index contributed by atoms with van der Waals surface area (Å²) in [4.78, 5) is 0. The molecule has 0 N–H and O–H groups in total. The van der Waals surface area contributed by atoms with Crippen LogP contribution in [0.5, 0.6) is 5.75 Å². The zero-order chi connectivity index (χ0) is 11.9. The highest BCUT2D eigenvalue weighted by Crippen LogP contribution is 2.25. The van der Waals surface area contributed by atoms with E-state index in [1.54, 1.807) is 0 Å². The highest BCUT2D eigenvalue weighted by atomic mass is 16.5. The number of aryl methyl sites for hydroxylation is 2. The van der Waals surface area contributed by atoms with Crippen LogP contribution >= 0.6 is 0 Å². The van der Waals surface area contributed by atoms with E-state index in [1.165, 1.54) is 62.5 Å². The molecule has 0 aromatic heterocycles. The first kappa shape index (κ1) is 12.5. The Morgan fingerprint density at radius 1 is 1.00 bits per heavy atom. The molecule has 0 saturated heterocycles. The zero-order valence-electron chi connectivity index (χ0n) is 11.0. The van der Waals surface area contributed by atoms with Crippen LogP contribution in [0.15, 0.2) is 18.2 Å². The fourth-order valence-corrected chi connectivity index (χ4v) is 2.52. The van der Waals surface area contributed by atoms with Gasteiger partial charge in [0.05, 0.1) is 6.61 Å². The van der Waals surface area contributed by atoms with Gasteiger partial charge in [-0.2, -0.15) is 0 Å². The Kier molecular flexibility index (Phi) is 4.90. The molecular weight excluding hydrogens is 208 g/mol. The summed E-state index contributed by atoms with van der Waals surface area (Å²) in [7, 11) is 0. The lowest BCUT2D eigenvalue weighted by molar-refractivity contribution is 0.304. The average molecular weight is 232 g/mol. The molecule has 0 spiro atoms. The summed E-state index contributed by atoms with van der Waals surface area (Å²) in [6, 6.07) is 6.66. The van der Waals surface area contributed by atoms with Crippen molar-refractivity contribution in [3.63, 3.8) is 0 Å². The molecule has 0 fully saturated rings. The molecular formula is C16H24O. The maximum atomic E-state index is 5.82. The van der Waals surface area contributed by atoms with Crippen LogP contribution in [0.4, 0.5) is 0 Å². The van der Waals surface area contributed by atoms with E-state index in [1.807, 2.05) is 0 Å². The van der Waals surface area contributed by atoms with Gasteiger partial charge in [0.1, 0.15) is 5.75 Å². The van der Waals surface area contributed by atoms with E-state index >= 15 is 0 Å². The highest BCUT2D eigenvalue weighted by Gasteiger charge is 2.09. The fourth-order valence-electron chi connectivity index (χ4n) is 2.52.